The van der Waals surface area contributed by atoms with Crippen molar-refractivity contribution in [3.05, 3.63) is 12.5 Å². The molecule has 0 unspecified atom stereocenters. The molecule has 1 aliphatic rings. The summed E-state index contributed by atoms with van der Waals surface area (Å²) in [5, 5.41) is 1.12. The van der Waals surface area contributed by atoms with Crippen LogP contribution in [-0.4, -0.2) is 17.7 Å². The molecule has 1 N–H and O–H groups in total. The molecule has 1 aliphatic heterocycles. The van der Waals surface area contributed by atoms with Gasteiger partial charge in [0, 0.05) is 0 Å². The summed E-state index contributed by atoms with van der Waals surface area (Å²) in [6.45, 7) is 2.35. The van der Waals surface area contributed by atoms with Crippen LogP contribution in [0.25, 0.3) is 0 Å². The summed E-state index contributed by atoms with van der Waals surface area (Å²) in [5.41, 5.74) is 2.31. The van der Waals surface area contributed by atoms with E-state index in [9.17, 15) is 4.79 Å². The lowest BCUT2D eigenvalue weighted by atomic mass is 10.5. The van der Waals surface area contributed by atoms with Gasteiger partial charge >= 0.3 is 6.09 Å². The summed E-state index contributed by atoms with van der Waals surface area (Å²) in [6, 6.07) is 0. The van der Waals surface area contributed by atoms with Gasteiger partial charge in [-0.1, -0.05) is 12.5 Å². The highest BCUT2D eigenvalue weighted by molar-refractivity contribution is 5.68. The number of rotatable bonds is 2. The Balaban J connectivity index is 2.23. The van der Waals surface area contributed by atoms with Crippen LogP contribution in [0, 0.1) is 0 Å². The van der Waals surface area contributed by atoms with Crippen LogP contribution < -0.4 is 5.59 Å². The maximum absolute atomic E-state index is 10.9. The Bertz CT molecular complexity index is 169. The molecule has 1 rings (SSSR count). The average Bonchev–Trinajstić information content (AvgIpc) is 2.52. The first-order valence-electron chi connectivity index (χ1n) is 3.38. The van der Waals surface area contributed by atoms with E-state index in [-0.39, 0.29) is 0 Å². The molecule has 0 bridgehead atoms. The third-order valence-corrected chi connectivity index (χ3v) is 1.06. The van der Waals surface area contributed by atoms with Crippen molar-refractivity contribution in [2.24, 2.45) is 0 Å². The standard InChI is InChI=1S/C6H10N2O3/c1-2-4-10-6(9)8-3-5-11-7-8/h3,5,7H,2,4H2,1H3. The van der Waals surface area contributed by atoms with E-state index in [4.69, 9.17) is 4.74 Å². The van der Waals surface area contributed by atoms with Gasteiger partial charge in [0.1, 0.15) is 6.26 Å². The lowest BCUT2D eigenvalue weighted by Gasteiger charge is -2.10. The molecular weight excluding hydrogens is 148 g/mol. The number of carbonyl (C=O) groups is 1. The van der Waals surface area contributed by atoms with Gasteiger partial charge in [-0.25, -0.2) is 4.79 Å². The van der Waals surface area contributed by atoms with E-state index in [2.05, 4.69) is 10.4 Å². The topological polar surface area (TPSA) is 50.8 Å². The van der Waals surface area contributed by atoms with Gasteiger partial charge in [0.25, 0.3) is 0 Å². The number of ether oxygens (including phenoxy) is 1. The smallest absolute Gasteiger partial charge is 0.431 e. The van der Waals surface area contributed by atoms with Crippen LogP contribution in [0.5, 0.6) is 0 Å². The Morgan fingerprint density at radius 1 is 1.82 bits per heavy atom. The molecule has 0 aromatic rings. The van der Waals surface area contributed by atoms with Crippen molar-refractivity contribution in [1.29, 1.82) is 0 Å². The van der Waals surface area contributed by atoms with E-state index in [1.165, 1.54) is 12.5 Å². The van der Waals surface area contributed by atoms with Gasteiger partial charge in [0.05, 0.1) is 12.8 Å². The first kappa shape index (κ1) is 7.87. The Kier molecular flexibility index (Phi) is 2.74. The summed E-state index contributed by atoms with van der Waals surface area (Å²) in [4.78, 5) is 15.5. The predicted molar refractivity (Wildman–Crippen MR) is 36.8 cm³/mol. The number of hydrazine groups is 1. The van der Waals surface area contributed by atoms with Crippen LogP contribution >= 0.6 is 0 Å². The Morgan fingerprint density at radius 2 is 2.64 bits per heavy atom. The number of hydrogen-bond donors (Lipinski definition) is 1. The first-order chi connectivity index (χ1) is 5.34. The van der Waals surface area contributed by atoms with Crippen molar-refractivity contribution in [3.8, 4) is 0 Å². The minimum atomic E-state index is -0.458. The van der Waals surface area contributed by atoms with Gasteiger partial charge in [-0.2, -0.15) is 5.01 Å². The highest BCUT2D eigenvalue weighted by atomic mass is 16.7. The van der Waals surface area contributed by atoms with Crippen LogP contribution in [0.15, 0.2) is 12.5 Å². The molecule has 11 heavy (non-hydrogen) atoms. The molecular formula is C6H10N2O3. The van der Waals surface area contributed by atoms with Crippen LogP contribution in [0.1, 0.15) is 13.3 Å². The summed E-state index contributed by atoms with van der Waals surface area (Å²) >= 11 is 0. The van der Waals surface area contributed by atoms with Gasteiger partial charge < -0.3 is 9.57 Å². The third-order valence-electron chi connectivity index (χ3n) is 1.06. The Morgan fingerprint density at radius 3 is 3.18 bits per heavy atom. The van der Waals surface area contributed by atoms with Crippen molar-refractivity contribution in [3.63, 3.8) is 0 Å². The van der Waals surface area contributed by atoms with Gasteiger partial charge in [0.15, 0.2) is 0 Å². The molecule has 0 aromatic carbocycles. The van der Waals surface area contributed by atoms with E-state index in [0.717, 1.165) is 11.4 Å². The molecule has 0 radical (unpaired) electrons. The Hall–Kier alpha value is -1.23. The molecule has 0 fully saturated rings. The molecule has 0 aromatic heterocycles. The van der Waals surface area contributed by atoms with Crippen molar-refractivity contribution in [2.75, 3.05) is 6.61 Å². The molecule has 0 atom stereocenters. The highest BCUT2D eigenvalue weighted by Gasteiger charge is 2.14. The number of hydrogen-bond acceptors (Lipinski definition) is 4. The van der Waals surface area contributed by atoms with E-state index < -0.39 is 6.09 Å². The molecule has 62 valence electrons. The fraction of sp³-hybridized carbons (Fsp3) is 0.500. The minimum Gasteiger partial charge on any atom is -0.448 e. The fourth-order valence-electron chi connectivity index (χ4n) is 0.566. The fourth-order valence-corrected chi connectivity index (χ4v) is 0.566. The SMILES string of the molecule is CCCOC(=O)N1C=CON1. The summed E-state index contributed by atoms with van der Waals surface area (Å²) < 4.78 is 4.77. The third kappa shape index (κ3) is 2.12. The predicted octanol–water partition coefficient (Wildman–Crippen LogP) is 0.756. The Labute approximate surface area is 64.5 Å². The number of nitrogens with zero attached hydrogens (tertiary/aromatic N) is 1. The molecule has 1 amide bonds. The average molecular weight is 158 g/mol. The van der Waals surface area contributed by atoms with Crippen molar-refractivity contribution in [1.82, 2.24) is 10.6 Å². The molecule has 0 aliphatic carbocycles. The molecule has 0 saturated heterocycles. The van der Waals surface area contributed by atoms with Gasteiger partial charge in [0.2, 0.25) is 0 Å². The normalized spacial score (nSPS) is 14.8. The number of nitrogens with one attached hydrogen (secondary N) is 1. The van der Waals surface area contributed by atoms with Gasteiger partial charge in [-0.05, 0) is 6.42 Å². The zero-order valence-corrected chi connectivity index (χ0v) is 6.24. The van der Waals surface area contributed by atoms with Crippen molar-refractivity contribution >= 4 is 6.09 Å². The second-order valence-electron chi connectivity index (χ2n) is 1.98. The van der Waals surface area contributed by atoms with Crippen LogP contribution in [0.2, 0.25) is 0 Å². The zero-order chi connectivity index (χ0) is 8.10. The molecule has 5 nitrogen and oxygen atoms in total. The lowest BCUT2D eigenvalue weighted by molar-refractivity contribution is 0.0245. The quantitative estimate of drug-likeness (QED) is 0.644. The van der Waals surface area contributed by atoms with E-state index in [1.807, 2.05) is 6.92 Å². The van der Waals surface area contributed by atoms with E-state index in [1.54, 1.807) is 0 Å². The maximum Gasteiger partial charge on any atom is 0.431 e. The molecule has 1 heterocycles. The number of carbonyl (C=O) groups excluding carboxylic acids is 1. The summed E-state index contributed by atoms with van der Waals surface area (Å²) in [5.74, 6) is 0. The highest BCUT2D eigenvalue weighted by Crippen LogP contribution is 1.97. The summed E-state index contributed by atoms with van der Waals surface area (Å²) in [6.07, 6.45) is 3.15. The van der Waals surface area contributed by atoms with Crippen molar-refractivity contribution in [2.45, 2.75) is 13.3 Å². The minimum absolute atomic E-state index is 0.421. The largest absolute Gasteiger partial charge is 0.448 e. The van der Waals surface area contributed by atoms with Crippen LogP contribution in [0.3, 0.4) is 0 Å². The van der Waals surface area contributed by atoms with E-state index >= 15 is 0 Å². The van der Waals surface area contributed by atoms with Gasteiger partial charge in [-0.3, -0.25) is 0 Å². The van der Waals surface area contributed by atoms with Crippen LogP contribution in [0.4, 0.5) is 4.79 Å². The monoisotopic (exact) mass is 158 g/mol. The molecule has 5 heteroatoms. The van der Waals surface area contributed by atoms with Crippen molar-refractivity contribution < 1.29 is 14.4 Å². The number of amides is 1. The second kappa shape index (κ2) is 3.82. The van der Waals surface area contributed by atoms with Crippen LogP contribution in [-0.2, 0) is 9.57 Å². The molecule has 0 saturated carbocycles. The lowest BCUT2D eigenvalue weighted by Crippen LogP contribution is -2.34. The summed E-state index contributed by atoms with van der Waals surface area (Å²) in [7, 11) is 0. The van der Waals surface area contributed by atoms with Gasteiger partial charge in [-0.15, -0.1) is 0 Å². The first-order valence-corrected chi connectivity index (χ1v) is 3.38. The maximum atomic E-state index is 10.9. The molecule has 0 spiro atoms. The second-order valence-corrected chi connectivity index (χ2v) is 1.98. The zero-order valence-electron chi connectivity index (χ0n) is 6.24. The van der Waals surface area contributed by atoms with E-state index in [0.29, 0.717) is 6.61 Å².